The van der Waals surface area contributed by atoms with Crippen LogP contribution >= 0.6 is 0 Å². The van der Waals surface area contributed by atoms with Gasteiger partial charge in [-0.15, -0.1) is 0 Å². The molecule has 12 aromatic rings. The fourth-order valence-electron chi connectivity index (χ4n) is 9.26. The highest BCUT2D eigenvalue weighted by Crippen LogP contribution is 2.43. The fraction of sp³-hybridized carbons (Fsp3) is 0. The Hall–Kier alpha value is -8.72. The lowest BCUT2D eigenvalue weighted by atomic mass is 9.97. The highest BCUT2D eigenvalue weighted by molar-refractivity contribution is 6.12. The second-order valence-electron chi connectivity index (χ2n) is 16.2. The van der Waals surface area contributed by atoms with Crippen LogP contribution in [0.5, 0.6) is 0 Å². The largest absolute Gasteiger partial charge is 0.310 e. The van der Waals surface area contributed by atoms with Gasteiger partial charge in [-0.25, -0.2) is 0 Å². The number of nitrogens with zero attached hydrogens (tertiary/aromatic N) is 2. The first-order chi connectivity index (χ1) is 36.9. The summed E-state index contributed by atoms with van der Waals surface area (Å²) in [6.45, 7) is 0. The number of anilines is 3. The van der Waals surface area contributed by atoms with Crippen LogP contribution in [0.4, 0.5) is 17.1 Å². The molecule has 0 saturated carbocycles. The standard InChI is InChI=1S/C64H44N2/c1-5-17-45(18-6-1)48-29-34-54(35-30-48)65(56-42-52(46-19-7-2-8-20-46)41-53(43-56)47-21-9-3-10-22-47)55-36-31-49(32-37-55)51-33-39-64-61(44-51)60-27-15-16-28-62(60)66(64)63-40-38-57(50-23-11-4-12-24-50)58-25-13-14-26-59(58)63/h1-44H/i2D,3D,7D,8D,9D,10D,19D,20D,21D,22D. The van der Waals surface area contributed by atoms with E-state index in [4.69, 9.17) is 13.7 Å². The summed E-state index contributed by atoms with van der Waals surface area (Å²) in [6.07, 6.45) is 0. The van der Waals surface area contributed by atoms with Gasteiger partial charge in [-0.2, -0.15) is 0 Å². The van der Waals surface area contributed by atoms with Crippen molar-refractivity contribution in [3.8, 4) is 61.3 Å². The first kappa shape index (κ1) is 29.6. The Kier molecular flexibility index (Phi) is 7.52. The molecule has 0 aliphatic heterocycles. The number of hydrogen-bond donors (Lipinski definition) is 0. The van der Waals surface area contributed by atoms with Crippen LogP contribution in [0, 0.1) is 0 Å². The summed E-state index contributed by atoms with van der Waals surface area (Å²) in [7, 11) is 0. The van der Waals surface area contributed by atoms with E-state index in [9.17, 15) is 0 Å². The van der Waals surface area contributed by atoms with E-state index in [2.05, 4.69) is 108 Å². The monoisotopic (exact) mass is 850 g/mol. The molecule has 0 atom stereocenters. The van der Waals surface area contributed by atoms with Crippen molar-refractivity contribution in [1.29, 1.82) is 0 Å². The van der Waals surface area contributed by atoms with Gasteiger partial charge in [0.15, 0.2) is 0 Å². The lowest BCUT2D eigenvalue weighted by molar-refractivity contribution is 1.20. The zero-order valence-electron chi connectivity index (χ0n) is 45.5. The first-order valence-electron chi connectivity index (χ1n) is 26.8. The molecular formula is C64H44N2. The first-order valence-corrected chi connectivity index (χ1v) is 21.8. The third-order valence-electron chi connectivity index (χ3n) is 12.3. The fourth-order valence-corrected chi connectivity index (χ4v) is 9.26. The van der Waals surface area contributed by atoms with E-state index in [-0.39, 0.29) is 22.3 Å². The second-order valence-corrected chi connectivity index (χ2v) is 16.2. The molecular weight excluding hydrogens is 797 g/mol. The van der Waals surface area contributed by atoms with E-state index in [1.807, 2.05) is 89.8 Å². The molecule has 0 amide bonds. The summed E-state index contributed by atoms with van der Waals surface area (Å²) in [5.41, 5.74) is 11.6. The number of fused-ring (bicyclic) bond motifs is 4. The van der Waals surface area contributed by atoms with Crippen molar-refractivity contribution in [3.63, 3.8) is 0 Å². The maximum atomic E-state index is 9.01. The third kappa shape index (κ3) is 7.12. The van der Waals surface area contributed by atoms with E-state index in [1.165, 1.54) is 17.0 Å². The highest BCUT2D eigenvalue weighted by atomic mass is 15.1. The maximum absolute atomic E-state index is 9.01. The molecule has 0 aliphatic carbocycles. The van der Waals surface area contributed by atoms with Gasteiger partial charge in [0.1, 0.15) is 0 Å². The molecule has 0 fully saturated rings. The van der Waals surface area contributed by atoms with Gasteiger partial charge in [0.2, 0.25) is 0 Å². The van der Waals surface area contributed by atoms with Crippen molar-refractivity contribution >= 4 is 49.6 Å². The Morgan fingerprint density at radius 2 is 0.773 bits per heavy atom. The number of para-hydroxylation sites is 1. The van der Waals surface area contributed by atoms with Crippen LogP contribution in [0.3, 0.4) is 0 Å². The summed E-state index contributed by atoms with van der Waals surface area (Å²) >= 11 is 0. The minimum absolute atomic E-state index is 0.0923. The van der Waals surface area contributed by atoms with Crippen LogP contribution < -0.4 is 4.90 Å². The van der Waals surface area contributed by atoms with Crippen LogP contribution in [-0.4, -0.2) is 4.57 Å². The van der Waals surface area contributed by atoms with Crippen molar-refractivity contribution in [2.24, 2.45) is 0 Å². The Morgan fingerprint density at radius 1 is 0.288 bits per heavy atom. The average molecular weight is 851 g/mol. The van der Waals surface area contributed by atoms with Crippen molar-refractivity contribution in [2.75, 3.05) is 4.90 Å². The molecule has 1 heterocycles. The SMILES string of the molecule is [2H]c1c([2H])c([2H])c(-c2cc(-c3c([2H])c([2H])c([2H])c([2H])c3[2H])cc(N(c3ccc(-c4ccccc4)cc3)c3ccc(-c4ccc5c(c4)c4ccccc4n5-c4ccc(-c5ccccc5)c5ccccc45)cc3)c2)c([2H])c1[2H]. The molecule has 0 aliphatic rings. The highest BCUT2D eigenvalue weighted by Gasteiger charge is 2.19. The molecule has 0 radical (unpaired) electrons. The van der Waals surface area contributed by atoms with Crippen molar-refractivity contribution in [3.05, 3.63) is 267 Å². The van der Waals surface area contributed by atoms with Crippen LogP contribution in [0.25, 0.3) is 93.9 Å². The van der Waals surface area contributed by atoms with Gasteiger partial charge in [-0.05, 0) is 128 Å². The molecule has 2 nitrogen and oxygen atoms in total. The molecule has 0 saturated heterocycles. The van der Waals surface area contributed by atoms with Gasteiger partial charge in [0, 0.05) is 33.2 Å². The molecule has 11 aromatic carbocycles. The molecule has 0 unspecified atom stereocenters. The van der Waals surface area contributed by atoms with Crippen molar-refractivity contribution in [1.82, 2.24) is 4.57 Å². The quantitative estimate of drug-likeness (QED) is 0.140. The molecule has 0 N–H and O–H groups in total. The minimum Gasteiger partial charge on any atom is -0.310 e. The second kappa shape index (κ2) is 16.8. The summed E-state index contributed by atoms with van der Waals surface area (Å²) in [6, 6.07) is 64.5. The van der Waals surface area contributed by atoms with Gasteiger partial charge < -0.3 is 9.47 Å². The molecule has 0 spiro atoms. The Balaban J connectivity index is 1.02. The number of rotatable bonds is 9. The van der Waals surface area contributed by atoms with Gasteiger partial charge in [0.25, 0.3) is 0 Å². The topological polar surface area (TPSA) is 8.17 Å². The lowest BCUT2D eigenvalue weighted by Gasteiger charge is -2.27. The number of aromatic nitrogens is 1. The summed E-state index contributed by atoms with van der Waals surface area (Å²) < 4.78 is 89.4. The Bertz CT molecular complexity index is 4130. The molecule has 0 bridgehead atoms. The van der Waals surface area contributed by atoms with Crippen LogP contribution in [0.15, 0.2) is 267 Å². The van der Waals surface area contributed by atoms with E-state index < -0.39 is 60.4 Å². The Labute approximate surface area is 399 Å². The van der Waals surface area contributed by atoms with Crippen molar-refractivity contribution in [2.45, 2.75) is 0 Å². The zero-order valence-corrected chi connectivity index (χ0v) is 35.5. The summed E-state index contributed by atoms with van der Waals surface area (Å²) in [5, 5.41) is 4.52. The zero-order chi connectivity index (χ0) is 52.5. The van der Waals surface area contributed by atoms with E-state index in [0.717, 1.165) is 60.7 Å². The van der Waals surface area contributed by atoms with Gasteiger partial charge >= 0.3 is 0 Å². The van der Waals surface area contributed by atoms with E-state index >= 15 is 0 Å². The summed E-state index contributed by atoms with van der Waals surface area (Å²) in [4.78, 5) is 1.96. The van der Waals surface area contributed by atoms with Crippen LogP contribution in [0.2, 0.25) is 0 Å². The summed E-state index contributed by atoms with van der Waals surface area (Å²) in [5.74, 6) is 0. The van der Waals surface area contributed by atoms with E-state index in [1.54, 1.807) is 12.1 Å². The van der Waals surface area contributed by atoms with Gasteiger partial charge in [0.05, 0.1) is 30.4 Å². The molecule has 2 heteroatoms. The van der Waals surface area contributed by atoms with Gasteiger partial charge in [-0.3, -0.25) is 0 Å². The predicted molar refractivity (Wildman–Crippen MR) is 280 cm³/mol. The predicted octanol–water partition coefficient (Wildman–Crippen LogP) is 17.7. The van der Waals surface area contributed by atoms with Crippen LogP contribution in [0.1, 0.15) is 13.7 Å². The van der Waals surface area contributed by atoms with Crippen molar-refractivity contribution < 1.29 is 13.7 Å². The average Bonchev–Trinajstić information content (AvgIpc) is 3.81. The van der Waals surface area contributed by atoms with E-state index in [0.29, 0.717) is 17.1 Å². The molecule has 310 valence electrons. The van der Waals surface area contributed by atoms with Gasteiger partial charge in [-0.1, -0.05) is 200 Å². The minimum atomic E-state index is -0.548. The van der Waals surface area contributed by atoms with Crippen LogP contribution in [-0.2, 0) is 0 Å². The lowest BCUT2D eigenvalue weighted by Crippen LogP contribution is -2.10. The maximum Gasteiger partial charge on any atom is 0.0629 e. The molecule has 66 heavy (non-hydrogen) atoms. The molecule has 12 rings (SSSR count). The smallest absolute Gasteiger partial charge is 0.0629 e. The number of hydrogen-bond acceptors (Lipinski definition) is 1. The third-order valence-corrected chi connectivity index (χ3v) is 12.3. The molecule has 1 aromatic heterocycles. The normalized spacial score (nSPS) is 13.5. The number of benzene rings is 11. The Morgan fingerprint density at radius 3 is 1.39 bits per heavy atom.